The number of carbonyl (C=O) groups excluding carboxylic acids is 1. The molecule has 0 saturated carbocycles. The lowest BCUT2D eigenvalue weighted by atomic mass is 10.3. The van der Waals surface area contributed by atoms with Gasteiger partial charge in [0.25, 0.3) is 0 Å². The van der Waals surface area contributed by atoms with Crippen LogP contribution in [0.3, 0.4) is 0 Å². The Labute approximate surface area is 99.3 Å². The number of carbonyl (C=O) groups is 2. The number of hydrogen-bond acceptors (Lipinski definition) is 3. The molecule has 0 aliphatic heterocycles. The molecule has 0 aliphatic carbocycles. The molecule has 0 fully saturated rings. The second-order valence-electron chi connectivity index (χ2n) is 3.73. The van der Waals surface area contributed by atoms with Crippen LogP contribution in [0, 0.1) is 0 Å². The van der Waals surface area contributed by atoms with E-state index in [-0.39, 0.29) is 0 Å². The minimum Gasteiger partial charge on any atom is -0.480 e. The second-order valence-corrected chi connectivity index (χ2v) is 3.73. The molecule has 6 heteroatoms. The van der Waals surface area contributed by atoms with Gasteiger partial charge in [0, 0.05) is 26.0 Å². The second kappa shape index (κ2) is 5.83. The van der Waals surface area contributed by atoms with Crippen LogP contribution in [0.5, 0.6) is 0 Å². The largest absolute Gasteiger partial charge is 0.480 e. The maximum Gasteiger partial charge on any atom is 0.325 e. The summed E-state index contributed by atoms with van der Waals surface area (Å²) >= 11 is 0. The normalized spacial score (nSPS) is 11.6. The minimum absolute atomic E-state index is 0.381. The third kappa shape index (κ3) is 4.10. The Hall–Kier alpha value is -2.11. The zero-order chi connectivity index (χ0) is 12.8. The van der Waals surface area contributed by atoms with Crippen molar-refractivity contribution in [3.05, 3.63) is 30.1 Å². The number of aliphatic carboxylic acids is 1. The highest BCUT2D eigenvalue weighted by atomic mass is 16.4. The topological polar surface area (TPSA) is 82.5 Å². The van der Waals surface area contributed by atoms with Gasteiger partial charge in [-0.1, -0.05) is 6.07 Å². The van der Waals surface area contributed by atoms with E-state index >= 15 is 0 Å². The molecule has 0 radical (unpaired) electrons. The van der Waals surface area contributed by atoms with Crippen LogP contribution in [0.4, 0.5) is 4.79 Å². The number of carboxylic acids is 1. The monoisotopic (exact) mass is 237 g/mol. The number of pyridine rings is 1. The first-order valence-electron chi connectivity index (χ1n) is 5.14. The smallest absolute Gasteiger partial charge is 0.325 e. The maximum absolute atomic E-state index is 11.6. The Morgan fingerprint density at radius 3 is 2.82 bits per heavy atom. The van der Waals surface area contributed by atoms with Crippen LogP contribution in [0.2, 0.25) is 0 Å². The van der Waals surface area contributed by atoms with Crippen molar-refractivity contribution in [3.8, 4) is 0 Å². The molecule has 1 heterocycles. The van der Waals surface area contributed by atoms with E-state index in [4.69, 9.17) is 5.11 Å². The zero-order valence-corrected chi connectivity index (χ0v) is 9.75. The molecule has 0 bridgehead atoms. The third-order valence-electron chi connectivity index (χ3n) is 2.20. The molecule has 2 amide bonds. The van der Waals surface area contributed by atoms with Gasteiger partial charge in [-0.15, -0.1) is 0 Å². The van der Waals surface area contributed by atoms with Gasteiger partial charge in [0.15, 0.2) is 0 Å². The van der Waals surface area contributed by atoms with Crippen LogP contribution in [0.1, 0.15) is 12.5 Å². The lowest BCUT2D eigenvalue weighted by molar-refractivity contribution is -0.138. The summed E-state index contributed by atoms with van der Waals surface area (Å²) in [5.74, 6) is -1.06. The van der Waals surface area contributed by atoms with Crippen LogP contribution in [0.25, 0.3) is 0 Å². The molecule has 0 saturated heterocycles. The van der Waals surface area contributed by atoms with Crippen molar-refractivity contribution >= 4 is 12.0 Å². The van der Waals surface area contributed by atoms with E-state index in [1.165, 1.54) is 11.8 Å². The number of nitrogens with zero attached hydrogens (tertiary/aromatic N) is 2. The first-order chi connectivity index (χ1) is 8.00. The van der Waals surface area contributed by atoms with Crippen molar-refractivity contribution in [1.82, 2.24) is 15.2 Å². The van der Waals surface area contributed by atoms with E-state index in [2.05, 4.69) is 10.3 Å². The van der Waals surface area contributed by atoms with Crippen molar-refractivity contribution < 1.29 is 14.7 Å². The van der Waals surface area contributed by atoms with Gasteiger partial charge in [-0.25, -0.2) is 4.79 Å². The third-order valence-corrected chi connectivity index (χ3v) is 2.20. The van der Waals surface area contributed by atoms with E-state index in [1.54, 1.807) is 25.5 Å². The van der Waals surface area contributed by atoms with Crippen molar-refractivity contribution in [1.29, 1.82) is 0 Å². The van der Waals surface area contributed by atoms with Gasteiger partial charge in [0.1, 0.15) is 6.04 Å². The van der Waals surface area contributed by atoms with E-state index in [0.717, 1.165) is 5.56 Å². The maximum atomic E-state index is 11.6. The molecule has 0 aromatic carbocycles. The molecule has 0 spiro atoms. The van der Waals surface area contributed by atoms with Gasteiger partial charge < -0.3 is 15.3 Å². The number of rotatable bonds is 4. The number of hydrogen-bond donors (Lipinski definition) is 2. The summed E-state index contributed by atoms with van der Waals surface area (Å²) in [6.07, 6.45) is 3.31. The highest BCUT2D eigenvalue weighted by Crippen LogP contribution is 2.01. The van der Waals surface area contributed by atoms with Crippen molar-refractivity contribution in [3.63, 3.8) is 0 Å². The standard InChI is InChI=1S/C11H15N3O3/c1-8(10(15)16)13-11(17)14(2)7-9-4-3-5-12-6-9/h3-6,8H,7H2,1-2H3,(H,13,17)(H,15,16)/t8-/m1/s1. The van der Waals surface area contributed by atoms with Crippen LogP contribution >= 0.6 is 0 Å². The van der Waals surface area contributed by atoms with Crippen molar-refractivity contribution in [2.75, 3.05) is 7.05 Å². The first-order valence-corrected chi connectivity index (χ1v) is 5.14. The molecule has 1 rings (SSSR count). The van der Waals surface area contributed by atoms with E-state index in [1.807, 2.05) is 6.07 Å². The summed E-state index contributed by atoms with van der Waals surface area (Å²) in [6.45, 7) is 1.80. The van der Waals surface area contributed by atoms with Gasteiger partial charge in [0.2, 0.25) is 0 Å². The van der Waals surface area contributed by atoms with Crippen LogP contribution in [-0.4, -0.2) is 40.1 Å². The molecular weight excluding hydrogens is 222 g/mol. The summed E-state index contributed by atoms with van der Waals surface area (Å²) in [5.41, 5.74) is 0.883. The molecule has 1 aromatic rings. The van der Waals surface area contributed by atoms with Crippen molar-refractivity contribution in [2.45, 2.75) is 19.5 Å². The first kappa shape index (κ1) is 13.0. The van der Waals surface area contributed by atoms with E-state index in [9.17, 15) is 9.59 Å². The fourth-order valence-corrected chi connectivity index (χ4v) is 1.19. The van der Waals surface area contributed by atoms with Crippen LogP contribution in [0.15, 0.2) is 24.5 Å². The molecule has 2 N–H and O–H groups in total. The van der Waals surface area contributed by atoms with Gasteiger partial charge in [-0.3, -0.25) is 9.78 Å². The number of carboxylic acid groups (broad SMARTS) is 1. The number of aromatic nitrogens is 1. The molecule has 17 heavy (non-hydrogen) atoms. The van der Waals surface area contributed by atoms with E-state index in [0.29, 0.717) is 6.54 Å². The fourth-order valence-electron chi connectivity index (χ4n) is 1.19. The van der Waals surface area contributed by atoms with Gasteiger partial charge in [0.05, 0.1) is 0 Å². The zero-order valence-electron chi connectivity index (χ0n) is 9.75. The predicted octanol–water partition coefficient (Wildman–Crippen LogP) is 0.696. The minimum atomic E-state index is -1.06. The average Bonchev–Trinajstić information content (AvgIpc) is 2.29. The molecular formula is C11H15N3O3. The highest BCUT2D eigenvalue weighted by Gasteiger charge is 2.16. The Balaban J connectivity index is 2.50. The van der Waals surface area contributed by atoms with Gasteiger partial charge in [-0.05, 0) is 18.6 Å². The highest BCUT2D eigenvalue weighted by molar-refractivity contribution is 5.82. The Morgan fingerprint density at radius 1 is 1.59 bits per heavy atom. The summed E-state index contributed by atoms with van der Waals surface area (Å²) in [6, 6.07) is 2.29. The fraction of sp³-hybridized carbons (Fsp3) is 0.364. The number of urea groups is 1. The van der Waals surface area contributed by atoms with Crippen LogP contribution in [-0.2, 0) is 11.3 Å². The molecule has 0 unspecified atom stereocenters. The summed E-state index contributed by atoms with van der Waals surface area (Å²) in [4.78, 5) is 27.5. The molecule has 1 aromatic heterocycles. The van der Waals surface area contributed by atoms with Crippen LogP contribution < -0.4 is 5.32 Å². The Bertz CT molecular complexity index is 394. The molecule has 92 valence electrons. The predicted molar refractivity (Wildman–Crippen MR) is 61.3 cm³/mol. The Kier molecular flexibility index (Phi) is 4.45. The van der Waals surface area contributed by atoms with E-state index < -0.39 is 18.0 Å². The average molecular weight is 237 g/mol. The Morgan fingerprint density at radius 2 is 2.29 bits per heavy atom. The van der Waals surface area contributed by atoms with Gasteiger partial charge >= 0.3 is 12.0 Å². The lowest BCUT2D eigenvalue weighted by Crippen LogP contribution is -2.44. The SMILES string of the molecule is C[C@@H](NC(=O)N(C)Cc1cccnc1)C(=O)O. The van der Waals surface area contributed by atoms with Crippen molar-refractivity contribution in [2.24, 2.45) is 0 Å². The van der Waals surface area contributed by atoms with Gasteiger partial charge in [-0.2, -0.15) is 0 Å². The molecule has 6 nitrogen and oxygen atoms in total. The molecule has 0 aliphatic rings. The quantitative estimate of drug-likeness (QED) is 0.807. The number of nitrogens with one attached hydrogen (secondary N) is 1. The summed E-state index contributed by atoms with van der Waals surface area (Å²) in [7, 11) is 1.59. The summed E-state index contributed by atoms with van der Waals surface area (Å²) in [5, 5.41) is 11.0. The number of amides is 2. The lowest BCUT2D eigenvalue weighted by Gasteiger charge is -2.19. The molecule has 1 atom stereocenters. The summed E-state index contributed by atoms with van der Waals surface area (Å²) < 4.78 is 0.